The number of benzene rings is 2. The number of amides is 2. The number of hydroxylamine groups is 1. The van der Waals surface area contributed by atoms with Crippen molar-refractivity contribution in [3.05, 3.63) is 77.0 Å². The molecule has 2 aliphatic heterocycles. The highest BCUT2D eigenvalue weighted by molar-refractivity contribution is 7.10. The van der Waals surface area contributed by atoms with Crippen molar-refractivity contribution >= 4 is 34.5 Å². The molecule has 2 aliphatic rings. The number of imide groups is 1. The molecule has 146 valence electrons. The van der Waals surface area contributed by atoms with E-state index in [0.29, 0.717) is 11.4 Å². The number of para-hydroxylation sites is 1. The number of carbonyl (C=O) groups excluding carboxylic acids is 2. The van der Waals surface area contributed by atoms with E-state index in [1.807, 2.05) is 47.8 Å². The lowest BCUT2D eigenvalue weighted by molar-refractivity contribution is -0.126. The van der Waals surface area contributed by atoms with Gasteiger partial charge in [0.1, 0.15) is 17.7 Å². The van der Waals surface area contributed by atoms with E-state index in [1.165, 1.54) is 4.90 Å². The van der Waals surface area contributed by atoms with Crippen molar-refractivity contribution < 1.29 is 19.2 Å². The maximum atomic E-state index is 13.4. The van der Waals surface area contributed by atoms with Crippen molar-refractivity contribution in [2.24, 2.45) is 5.92 Å². The van der Waals surface area contributed by atoms with Crippen LogP contribution in [0, 0.1) is 5.92 Å². The fraction of sp³-hybridized carbons (Fsp3) is 0.182. The molecule has 3 atom stereocenters. The Balaban J connectivity index is 1.54. The van der Waals surface area contributed by atoms with Gasteiger partial charge in [0, 0.05) is 4.88 Å². The lowest BCUT2D eigenvalue weighted by Gasteiger charge is -2.27. The van der Waals surface area contributed by atoms with Gasteiger partial charge in [0.2, 0.25) is 5.91 Å². The van der Waals surface area contributed by atoms with Crippen LogP contribution in [0.15, 0.2) is 72.1 Å². The average Bonchev–Trinajstić information content (AvgIpc) is 3.47. The fourth-order valence-electron chi connectivity index (χ4n) is 3.95. The summed E-state index contributed by atoms with van der Waals surface area (Å²) in [6.07, 6.45) is -0.850. The van der Waals surface area contributed by atoms with Crippen molar-refractivity contribution in [2.75, 3.05) is 17.1 Å². The predicted molar refractivity (Wildman–Crippen MR) is 110 cm³/mol. The molecule has 2 fully saturated rings. The molecule has 3 heterocycles. The van der Waals surface area contributed by atoms with Crippen molar-refractivity contribution in [3.63, 3.8) is 0 Å². The van der Waals surface area contributed by atoms with Crippen LogP contribution in [0.2, 0.25) is 0 Å². The number of ether oxygens (including phenoxy) is 1. The lowest BCUT2D eigenvalue weighted by Crippen LogP contribution is -2.37. The Labute approximate surface area is 171 Å². The van der Waals surface area contributed by atoms with Gasteiger partial charge in [-0.1, -0.05) is 24.3 Å². The normalized spacial score (nSPS) is 23.6. The second-order valence-electron chi connectivity index (χ2n) is 6.88. The third-order valence-corrected chi connectivity index (χ3v) is 6.23. The van der Waals surface area contributed by atoms with Gasteiger partial charge in [0.25, 0.3) is 5.91 Å². The molecule has 0 bridgehead atoms. The first-order valence-corrected chi connectivity index (χ1v) is 10.1. The van der Waals surface area contributed by atoms with Gasteiger partial charge in [-0.2, -0.15) is 0 Å². The van der Waals surface area contributed by atoms with E-state index >= 15 is 0 Å². The molecule has 0 unspecified atom stereocenters. The van der Waals surface area contributed by atoms with Crippen LogP contribution in [-0.2, 0) is 14.4 Å². The number of fused-ring (bicyclic) bond motifs is 1. The SMILES string of the molecule is COc1ccc(N2C(=O)[C@H]3[C@@H](c4cccs4)N(c4ccccc4)O[C@H]3C2=O)cc1. The number of rotatable bonds is 4. The summed E-state index contributed by atoms with van der Waals surface area (Å²) in [4.78, 5) is 34.9. The molecular weight excluding hydrogens is 388 g/mol. The van der Waals surface area contributed by atoms with E-state index in [1.54, 1.807) is 47.8 Å². The molecule has 3 aromatic rings. The summed E-state index contributed by atoms with van der Waals surface area (Å²) in [5.74, 6) is -0.536. The minimum atomic E-state index is -0.850. The van der Waals surface area contributed by atoms with Crippen molar-refractivity contribution in [3.8, 4) is 5.75 Å². The second kappa shape index (κ2) is 7.02. The first-order valence-electron chi connectivity index (χ1n) is 9.25. The van der Waals surface area contributed by atoms with Gasteiger partial charge in [0.15, 0.2) is 6.10 Å². The third-order valence-electron chi connectivity index (χ3n) is 5.29. The molecule has 0 spiro atoms. The standard InChI is InChI=1S/C22H18N2O4S/c1-27-16-11-9-14(10-12-16)23-21(25)18-19(17-8-5-13-29-17)24(28-20(18)22(23)26)15-6-3-2-4-7-15/h2-13,18-20H,1H3/t18-,19+,20+/m0/s1. The second-order valence-corrected chi connectivity index (χ2v) is 7.86. The molecule has 0 N–H and O–H groups in total. The van der Waals surface area contributed by atoms with E-state index in [0.717, 1.165) is 10.6 Å². The first-order chi connectivity index (χ1) is 14.2. The molecule has 2 amide bonds. The van der Waals surface area contributed by atoms with E-state index in [4.69, 9.17) is 9.57 Å². The van der Waals surface area contributed by atoms with E-state index in [-0.39, 0.29) is 17.9 Å². The highest BCUT2D eigenvalue weighted by Gasteiger charge is 2.60. The van der Waals surface area contributed by atoms with Gasteiger partial charge < -0.3 is 4.74 Å². The number of thiophene rings is 1. The highest BCUT2D eigenvalue weighted by Crippen LogP contribution is 2.48. The number of nitrogens with zero attached hydrogens (tertiary/aromatic N) is 2. The minimum Gasteiger partial charge on any atom is -0.497 e. The number of anilines is 2. The molecule has 1 aromatic heterocycles. The van der Waals surface area contributed by atoms with E-state index < -0.39 is 12.0 Å². The Bertz CT molecular complexity index is 1040. The Morgan fingerprint density at radius 2 is 1.66 bits per heavy atom. The Morgan fingerprint density at radius 3 is 2.31 bits per heavy atom. The quantitative estimate of drug-likeness (QED) is 0.617. The molecule has 6 nitrogen and oxygen atoms in total. The van der Waals surface area contributed by atoms with E-state index in [9.17, 15) is 9.59 Å². The van der Waals surface area contributed by atoms with Gasteiger partial charge in [-0.3, -0.25) is 14.4 Å². The average molecular weight is 406 g/mol. The van der Waals surface area contributed by atoms with Crippen LogP contribution in [0.1, 0.15) is 10.9 Å². The zero-order chi connectivity index (χ0) is 20.0. The summed E-state index contributed by atoms with van der Waals surface area (Å²) < 4.78 is 5.17. The zero-order valence-electron chi connectivity index (χ0n) is 15.6. The lowest BCUT2D eigenvalue weighted by atomic mass is 9.95. The van der Waals surface area contributed by atoms with E-state index in [2.05, 4.69) is 0 Å². The molecule has 7 heteroatoms. The molecule has 29 heavy (non-hydrogen) atoms. The van der Waals surface area contributed by atoms with Crippen LogP contribution >= 0.6 is 11.3 Å². The van der Waals surface area contributed by atoms with Crippen molar-refractivity contribution in [2.45, 2.75) is 12.1 Å². The maximum Gasteiger partial charge on any atom is 0.266 e. The summed E-state index contributed by atoms with van der Waals surface area (Å²) in [5, 5.41) is 3.68. The monoisotopic (exact) mass is 406 g/mol. The summed E-state index contributed by atoms with van der Waals surface area (Å²) in [6, 6.07) is 20.0. The Kier molecular flexibility index (Phi) is 4.34. The molecule has 2 aromatic carbocycles. The van der Waals surface area contributed by atoms with Crippen molar-refractivity contribution in [1.29, 1.82) is 0 Å². The smallest absolute Gasteiger partial charge is 0.266 e. The van der Waals surface area contributed by atoms with Gasteiger partial charge in [-0.15, -0.1) is 11.3 Å². The third kappa shape index (κ3) is 2.82. The molecule has 0 radical (unpaired) electrons. The molecule has 0 aliphatic carbocycles. The summed E-state index contributed by atoms with van der Waals surface area (Å²) in [7, 11) is 1.57. The summed E-state index contributed by atoms with van der Waals surface area (Å²) >= 11 is 1.55. The van der Waals surface area contributed by atoms with Crippen molar-refractivity contribution in [1.82, 2.24) is 0 Å². The molecule has 2 saturated heterocycles. The minimum absolute atomic E-state index is 0.248. The number of methoxy groups -OCH3 is 1. The predicted octanol–water partition coefficient (Wildman–Crippen LogP) is 3.81. The van der Waals surface area contributed by atoms with Crippen LogP contribution in [0.5, 0.6) is 5.75 Å². The van der Waals surface area contributed by atoms with Gasteiger partial charge >= 0.3 is 0 Å². The largest absolute Gasteiger partial charge is 0.497 e. The van der Waals surface area contributed by atoms with Gasteiger partial charge in [-0.05, 0) is 47.8 Å². The van der Waals surface area contributed by atoms with Crippen LogP contribution < -0.4 is 14.7 Å². The zero-order valence-corrected chi connectivity index (χ0v) is 16.4. The van der Waals surface area contributed by atoms with Gasteiger partial charge in [-0.25, -0.2) is 9.96 Å². The summed E-state index contributed by atoms with van der Waals surface area (Å²) in [6.45, 7) is 0. The van der Waals surface area contributed by atoms with Crippen LogP contribution in [0.3, 0.4) is 0 Å². The molecule has 0 saturated carbocycles. The Morgan fingerprint density at radius 1 is 0.897 bits per heavy atom. The topological polar surface area (TPSA) is 59.1 Å². The molecule has 5 rings (SSSR count). The maximum absolute atomic E-state index is 13.4. The van der Waals surface area contributed by atoms with Crippen LogP contribution in [0.4, 0.5) is 11.4 Å². The number of carbonyl (C=O) groups is 2. The Hall–Kier alpha value is -3.16. The highest BCUT2D eigenvalue weighted by atomic mass is 32.1. The van der Waals surface area contributed by atoms with Crippen LogP contribution in [-0.4, -0.2) is 25.0 Å². The first kappa shape index (κ1) is 17.9. The molecular formula is C22H18N2O4S. The number of hydrogen-bond acceptors (Lipinski definition) is 6. The van der Waals surface area contributed by atoms with Crippen LogP contribution in [0.25, 0.3) is 0 Å². The van der Waals surface area contributed by atoms with Gasteiger partial charge in [0.05, 0.1) is 18.5 Å². The fourth-order valence-corrected chi connectivity index (χ4v) is 4.80. The number of hydrogen-bond donors (Lipinski definition) is 0. The summed E-state index contributed by atoms with van der Waals surface area (Å²) in [5.41, 5.74) is 1.34.